The quantitative estimate of drug-likeness (QED) is 0.177. The smallest absolute Gasteiger partial charge is 0.269 e. The van der Waals surface area contributed by atoms with Gasteiger partial charge < -0.3 is 14.8 Å². The molecule has 0 radical (unpaired) electrons. The Morgan fingerprint density at radius 1 is 1.28 bits per heavy atom. The van der Waals surface area contributed by atoms with Crippen LogP contribution in [-0.2, 0) is 14.3 Å². The van der Waals surface area contributed by atoms with Gasteiger partial charge in [0.15, 0.2) is 0 Å². The van der Waals surface area contributed by atoms with Crippen LogP contribution >= 0.6 is 0 Å². The van der Waals surface area contributed by atoms with Crippen LogP contribution in [0.5, 0.6) is 0 Å². The van der Waals surface area contributed by atoms with Crippen LogP contribution in [0.25, 0.3) is 0 Å². The highest BCUT2D eigenvalue weighted by Crippen LogP contribution is 2.12. The van der Waals surface area contributed by atoms with Crippen molar-refractivity contribution in [3.8, 4) is 0 Å². The molecule has 0 aliphatic carbocycles. The van der Waals surface area contributed by atoms with Crippen molar-refractivity contribution in [2.45, 2.75) is 25.8 Å². The van der Waals surface area contributed by atoms with Gasteiger partial charge in [-0.3, -0.25) is 24.9 Å². The Morgan fingerprint density at radius 2 is 1.96 bits per heavy atom. The zero-order chi connectivity index (χ0) is 18.7. The van der Waals surface area contributed by atoms with Crippen LogP contribution in [0.2, 0.25) is 0 Å². The van der Waals surface area contributed by atoms with E-state index in [1.165, 1.54) is 29.7 Å². The summed E-state index contributed by atoms with van der Waals surface area (Å²) in [5, 5.41) is 21.8. The summed E-state index contributed by atoms with van der Waals surface area (Å²) < 4.78 is 10.3. The number of nitrogens with one attached hydrogen (secondary N) is 2. The minimum Gasteiger partial charge on any atom is -0.356 e. The van der Waals surface area contributed by atoms with Gasteiger partial charge >= 0.3 is 0 Å². The van der Waals surface area contributed by atoms with Crippen LogP contribution < -0.4 is 10.8 Å². The molecule has 0 spiro atoms. The zero-order valence-electron chi connectivity index (χ0n) is 13.8. The van der Waals surface area contributed by atoms with Crippen LogP contribution in [0.4, 0.5) is 5.69 Å². The van der Waals surface area contributed by atoms with E-state index in [1.54, 1.807) is 0 Å². The maximum absolute atomic E-state index is 12.2. The Hall–Kier alpha value is -2.56. The van der Waals surface area contributed by atoms with Gasteiger partial charge in [-0.15, -0.1) is 0 Å². The van der Waals surface area contributed by atoms with E-state index in [1.807, 2.05) is 6.92 Å². The Bertz CT molecular complexity index is 577. The number of rotatable bonds is 11. The fourth-order valence-electron chi connectivity index (χ4n) is 1.89. The number of nitro benzene ring substituents is 1. The van der Waals surface area contributed by atoms with Crippen molar-refractivity contribution in [2.75, 3.05) is 20.0 Å². The lowest BCUT2D eigenvalue weighted by atomic mass is 10.1. The normalized spacial score (nSPS) is 11.6. The van der Waals surface area contributed by atoms with Gasteiger partial charge in [-0.1, -0.05) is 0 Å². The third-order valence-corrected chi connectivity index (χ3v) is 3.21. The molecule has 3 N–H and O–H groups in total. The largest absolute Gasteiger partial charge is 0.356 e. The molecule has 10 nitrogen and oxygen atoms in total. The third kappa shape index (κ3) is 7.70. The van der Waals surface area contributed by atoms with Crippen LogP contribution in [0.3, 0.4) is 0 Å². The van der Waals surface area contributed by atoms with Crippen molar-refractivity contribution in [2.24, 2.45) is 0 Å². The van der Waals surface area contributed by atoms with Gasteiger partial charge in [-0.05, 0) is 25.5 Å². The zero-order valence-corrected chi connectivity index (χ0v) is 13.8. The van der Waals surface area contributed by atoms with Crippen molar-refractivity contribution in [3.05, 3.63) is 39.9 Å². The first kappa shape index (κ1) is 20.5. The minimum atomic E-state index is -0.584. The van der Waals surface area contributed by atoms with Crippen LogP contribution in [0.15, 0.2) is 24.3 Å². The molecular weight excluding hydrogens is 334 g/mol. The number of ether oxygens (including phenoxy) is 2. The summed E-state index contributed by atoms with van der Waals surface area (Å²) >= 11 is 0. The number of nitro groups is 1. The first-order valence-corrected chi connectivity index (χ1v) is 7.61. The molecule has 0 heterocycles. The number of hydroxylamine groups is 1. The van der Waals surface area contributed by atoms with E-state index in [4.69, 9.17) is 14.7 Å². The Balaban J connectivity index is 2.64. The van der Waals surface area contributed by atoms with Crippen LogP contribution in [-0.4, -0.2) is 48.0 Å². The van der Waals surface area contributed by atoms with Crippen LogP contribution in [0.1, 0.15) is 30.1 Å². The molecule has 1 aromatic rings. The molecule has 0 saturated heterocycles. The summed E-state index contributed by atoms with van der Waals surface area (Å²) in [5.74, 6) is -1.04. The Labute approximate surface area is 144 Å². The van der Waals surface area contributed by atoms with Gasteiger partial charge in [-0.2, -0.15) is 0 Å². The lowest BCUT2D eigenvalue weighted by Gasteiger charge is -2.18. The highest BCUT2D eigenvalue weighted by atomic mass is 16.7. The summed E-state index contributed by atoms with van der Waals surface area (Å²) in [6.45, 7) is 2.44. The summed E-state index contributed by atoms with van der Waals surface area (Å²) in [7, 11) is 0. The number of hydrogen-bond acceptors (Lipinski definition) is 7. The summed E-state index contributed by atoms with van der Waals surface area (Å²) in [6, 6.07) is 4.64. The van der Waals surface area contributed by atoms with E-state index in [-0.39, 0.29) is 37.5 Å². The number of hydrogen-bond donors (Lipinski definition) is 3. The second kappa shape index (κ2) is 11.1. The molecule has 1 aromatic carbocycles. The minimum absolute atomic E-state index is 0.0142. The van der Waals surface area contributed by atoms with E-state index >= 15 is 0 Å². The Morgan fingerprint density at radius 3 is 2.52 bits per heavy atom. The second-order valence-electron chi connectivity index (χ2n) is 5.03. The molecule has 138 valence electrons. The number of amides is 2. The molecule has 0 bridgehead atoms. The number of non-ortho nitro benzene ring substituents is 1. The predicted molar refractivity (Wildman–Crippen MR) is 86.0 cm³/mol. The lowest BCUT2D eigenvalue weighted by Crippen LogP contribution is -2.39. The molecule has 1 rings (SSSR count). The summed E-state index contributed by atoms with van der Waals surface area (Å²) in [5.41, 5.74) is 1.64. The van der Waals surface area contributed by atoms with E-state index in [2.05, 4.69) is 5.32 Å². The van der Waals surface area contributed by atoms with Gasteiger partial charge in [0.25, 0.3) is 11.6 Å². The van der Waals surface area contributed by atoms with E-state index in [9.17, 15) is 19.7 Å². The van der Waals surface area contributed by atoms with Crippen molar-refractivity contribution in [1.82, 2.24) is 10.8 Å². The van der Waals surface area contributed by atoms with Crippen molar-refractivity contribution in [3.63, 3.8) is 0 Å². The molecule has 2 amide bonds. The van der Waals surface area contributed by atoms with Crippen molar-refractivity contribution in [1.29, 1.82) is 0 Å². The van der Waals surface area contributed by atoms with Crippen molar-refractivity contribution < 1.29 is 29.2 Å². The monoisotopic (exact) mass is 355 g/mol. The third-order valence-electron chi connectivity index (χ3n) is 3.21. The van der Waals surface area contributed by atoms with Gasteiger partial charge in [0, 0.05) is 30.7 Å². The first-order valence-electron chi connectivity index (χ1n) is 7.61. The standard InChI is InChI=1S/C15H21N3O7/c1-2-24-10-25-9-12(5-8-14(19)17-21)16-15(20)11-3-6-13(7-4-11)18(22)23/h3-4,6-7,12,21H,2,5,8-10H2,1H3,(H,16,20)(H,17,19). The SMILES string of the molecule is CCOCOCC(CCC(=O)NO)NC(=O)c1ccc([N+](=O)[O-])cc1. The summed E-state index contributed by atoms with van der Waals surface area (Å²) in [4.78, 5) is 33.4. The van der Waals surface area contributed by atoms with E-state index < -0.39 is 22.8 Å². The maximum atomic E-state index is 12.2. The molecule has 0 saturated carbocycles. The highest BCUT2D eigenvalue weighted by molar-refractivity contribution is 5.94. The number of carbonyl (C=O) groups is 2. The van der Waals surface area contributed by atoms with Gasteiger partial charge in [0.1, 0.15) is 6.79 Å². The molecule has 0 aliphatic heterocycles. The molecule has 0 aromatic heterocycles. The molecule has 10 heteroatoms. The molecule has 1 atom stereocenters. The van der Waals surface area contributed by atoms with Crippen molar-refractivity contribution >= 4 is 17.5 Å². The number of benzene rings is 1. The first-order chi connectivity index (χ1) is 12.0. The fraction of sp³-hybridized carbons (Fsp3) is 0.467. The maximum Gasteiger partial charge on any atom is 0.269 e. The van der Waals surface area contributed by atoms with Gasteiger partial charge in [0.05, 0.1) is 17.6 Å². The lowest BCUT2D eigenvalue weighted by molar-refractivity contribution is -0.384. The molecule has 25 heavy (non-hydrogen) atoms. The van der Waals surface area contributed by atoms with Gasteiger partial charge in [-0.25, -0.2) is 5.48 Å². The average molecular weight is 355 g/mol. The van der Waals surface area contributed by atoms with E-state index in [0.29, 0.717) is 6.61 Å². The predicted octanol–water partition coefficient (Wildman–Crippen LogP) is 0.989. The molecule has 1 unspecified atom stereocenters. The topological polar surface area (TPSA) is 140 Å². The molecule has 0 aliphatic rings. The number of nitrogens with zero attached hydrogens (tertiary/aromatic N) is 1. The Kier molecular flexibility index (Phi) is 9.07. The molecular formula is C15H21N3O7. The van der Waals surface area contributed by atoms with Gasteiger partial charge in [0.2, 0.25) is 5.91 Å². The highest BCUT2D eigenvalue weighted by Gasteiger charge is 2.16. The van der Waals surface area contributed by atoms with Crippen LogP contribution in [0, 0.1) is 10.1 Å². The van der Waals surface area contributed by atoms with E-state index in [0.717, 1.165) is 0 Å². The average Bonchev–Trinajstić information content (AvgIpc) is 2.62. The number of carbonyl (C=O) groups excluding carboxylic acids is 2. The molecule has 0 fully saturated rings. The fourth-order valence-corrected chi connectivity index (χ4v) is 1.89. The second-order valence-corrected chi connectivity index (χ2v) is 5.03. The summed E-state index contributed by atoms with van der Waals surface area (Å²) in [6.07, 6.45) is 0.219.